The fraction of sp³-hybridized carbons (Fsp3) is 0.118. The van der Waals surface area contributed by atoms with Crippen LogP contribution in [0.15, 0.2) is 42.6 Å². The quantitative estimate of drug-likeness (QED) is 0.720. The number of amides is 1. The second kappa shape index (κ2) is 6.52. The number of methoxy groups -OCH3 is 1. The van der Waals surface area contributed by atoms with Gasteiger partial charge in [-0.2, -0.15) is 0 Å². The van der Waals surface area contributed by atoms with Crippen molar-refractivity contribution in [2.45, 2.75) is 6.42 Å². The van der Waals surface area contributed by atoms with E-state index >= 15 is 0 Å². The Morgan fingerprint density at radius 1 is 1.17 bits per heavy atom. The Kier molecular flexibility index (Phi) is 4.46. The standard InChI is InChI=1S/C17H14Cl2N2O2/c1-23-14-2-3-16-15(8-14)10(9-20-16)4-17(22)21-13-6-11(18)5-12(19)7-13/h2-3,5-9,20H,4H2,1H3,(H,21,22). The first-order valence-electron chi connectivity index (χ1n) is 6.95. The number of halogens is 2. The molecule has 0 saturated heterocycles. The van der Waals surface area contributed by atoms with Crippen molar-refractivity contribution in [2.75, 3.05) is 12.4 Å². The topological polar surface area (TPSA) is 54.1 Å². The van der Waals surface area contributed by atoms with Gasteiger partial charge in [0.05, 0.1) is 13.5 Å². The summed E-state index contributed by atoms with van der Waals surface area (Å²) in [5.74, 6) is 0.604. The van der Waals surface area contributed by atoms with Crippen LogP contribution in [-0.4, -0.2) is 18.0 Å². The van der Waals surface area contributed by atoms with E-state index in [1.54, 1.807) is 25.3 Å². The molecule has 0 fully saturated rings. The Hall–Kier alpha value is -2.17. The molecule has 6 heteroatoms. The molecule has 3 rings (SSSR count). The number of ether oxygens (including phenoxy) is 1. The lowest BCUT2D eigenvalue weighted by atomic mass is 10.1. The molecular formula is C17H14Cl2N2O2. The van der Waals surface area contributed by atoms with Crippen molar-refractivity contribution in [3.63, 3.8) is 0 Å². The fourth-order valence-corrected chi connectivity index (χ4v) is 2.96. The number of hydrogen-bond donors (Lipinski definition) is 2. The summed E-state index contributed by atoms with van der Waals surface area (Å²) in [6.07, 6.45) is 2.06. The molecule has 0 radical (unpaired) electrons. The highest BCUT2D eigenvalue weighted by atomic mass is 35.5. The van der Waals surface area contributed by atoms with Crippen LogP contribution in [0, 0.1) is 0 Å². The van der Waals surface area contributed by atoms with Gasteiger partial charge in [-0.1, -0.05) is 23.2 Å². The van der Waals surface area contributed by atoms with Gasteiger partial charge in [-0.25, -0.2) is 0 Å². The first-order chi connectivity index (χ1) is 11.0. The van der Waals surface area contributed by atoms with E-state index in [4.69, 9.17) is 27.9 Å². The van der Waals surface area contributed by atoms with E-state index in [0.29, 0.717) is 15.7 Å². The van der Waals surface area contributed by atoms with Gasteiger partial charge >= 0.3 is 0 Å². The largest absolute Gasteiger partial charge is 0.497 e. The Labute approximate surface area is 143 Å². The van der Waals surface area contributed by atoms with Gasteiger partial charge in [-0.15, -0.1) is 0 Å². The normalized spacial score (nSPS) is 10.7. The smallest absolute Gasteiger partial charge is 0.228 e. The molecule has 4 nitrogen and oxygen atoms in total. The first kappa shape index (κ1) is 15.7. The summed E-state index contributed by atoms with van der Waals surface area (Å²) < 4.78 is 5.23. The molecular weight excluding hydrogens is 335 g/mol. The van der Waals surface area contributed by atoms with Crippen molar-refractivity contribution in [1.29, 1.82) is 0 Å². The van der Waals surface area contributed by atoms with Gasteiger partial charge in [0.15, 0.2) is 0 Å². The van der Waals surface area contributed by atoms with Crippen molar-refractivity contribution in [2.24, 2.45) is 0 Å². The molecule has 2 N–H and O–H groups in total. The summed E-state index contributed by atoms with van der Waals surface area (Å²) in [5, 5.41) is 4.72. The fourth-order valence-electron chi connectivity index (χ4n) is 2.43. The highest BCUT2D eigenvalue weighted by Gasteiger charge is 2.10. The predicted octanol–water partition coefficient (Wildman–Crippen LogP) is 4.66. The summed E-state index contributed by atoms with van der Waals surface area (Å²) in [6, 6.07) is 10.6. The molecule has 1 heterocycles. The van der Waals surface area contributed by atoms with Crippen molar-refractivity contribution < 1.29 is 9.53 Å². The molecule has 0 unspecified atom stereocenters. The van der Waals surface area contributed by atoms with Gasteiger partial charge in [0.1, 0.15) is 5.75 Å². The van der Waals surface area contributed by atoms with E-state index in [9.17, 15) is 4.79 Å². The minimum absolute atomic E-state index is 0.146. The molecule has 2 aromatic carbocycles. The maximum absolute atomic E-state index is 12.3. The third-order valence-corrected chi connectivity index (χ3v) is 3.91. The van der Waals surface area contributed by atoms with E-state index < -0.39 is 0 Å². The summed E-state index contributed by atoms with van der Waals surface area (Å²) in [4.78, 5) is 15.4. The average molecular weight is 349 g/mol. The molecule has 0 bridgehead atoms. The van der Waals surface area contributed by atoms with Crippen LogP contribution in [0.4, 0.5) is 5.69 Å². The van der Waals surface area contributed by atoms with Crippen LogP contribution >= 0.6 is 23.2 Å². The van der Waals surface area contributed by atoms with Crippen molar-refractivity contribution in [1.82, 2.24) is 4.98 Å². The summed E-state index contributed by atoms with van der Waals surface area (Å²) in [7, 11) is 1.61. The number of nitrogens with one attached hydrogen (secondary N) is 2. The summed E-state index contributed by atoms with van der Waals surface area (Å²) in [6.45, 7) is 0. The third kappa shape index (κ3) is 3.60. The molecule has 0 aliphatic heterocycles. The third-order valence-electron chi connectivity index (χ3n) is 3.47. The van der Waals surface area contributed by atoms with E-state index in [0.717, 1.165) is 22.2 Å². The minimum Gasteiger partial charge on any atom is -0.497 e. The van der Waals surface area contributed by atoms with Crippen LogP contribution in [0.3, 0.4) is 0 Å². The number of carbonyl (C=O) groups excluding carboxylic acids is 1. The monoisotopic (exact) mass is 348 g/mol. The van der Waals surface area contributed by atoms with Gasteiger partial charge in [0, 0.05) is 32.8 Å². The summed E-state index contributed by atoms with van der Waals surface area (Å²) >= 11 is 11.9. The Balaban J connectivity index is 1.80. The maximum atomic E-state index is 12.3. The summed E-state index contributed by atoms with van der Waals surface area (Å²) in [5.41, 5.74) is 2.42. The molecule has 0 saturated carbocycles. The van der Waals surface area contributed by atoms with Gasteiger partial charge < -0.3 is 15.0 Å². The molecule has 118 valence electrons. The van der Waals surface area contributed by atoms with Crippen LogP contribution in [0.5, 0.6) is 5.75 Å². The van der Waals surface area contributed by atoms with E-state index in [-0.39, 0.29) is 12.3 Å². The predicted molar refractivity (Wildman–Crippen MR) is 93.6 cm³/mol. The number of benzene rings is 2. The van der Waals surface area contributed by atoms with Crippen LogP contribution in [-0.2, 0) is 11.2 Å². The lowest BCUT2D eigenvalue weighted by Crippen LogP contribution is -2.14. The van der Waals surface area contributed by atoms with Crippen molar-refractivity contribution >= 4 is 45.7 Å². The second-order valence-electron chi connectivity index (χ2n) is 5.11. The molecule has 3 aromatic rings. The molecule has 1 amide bonds. The molecule has 0 aliphatic carbocycles. The van der Waals surface area contributed by atoms with E-state index in [1.165, 1.54) is 0 Å². The number of carbonyl (C=O) groups is 1. The zero-order chi connectivity index (χ0) is 16.4. The number of rotatable bonds is 4. The number of anilines is 1. The maximum Gasteiger partial charge on any atom is 0.228 e. The van der Waals surface area contributed by atoms with Crippen molar-refractivity contribution in [3.05, 3.63) is 58.2 Å². The molecule has 0 atom stereocenters. The number of aromatic nitrogens is 1. The van der Waals surface area contributed by atoms with Gasteiger partial charge in [-0.05, 0) is 42.0 Å². The zero-order valence-electron chi connectivity index (χ0n) is 12.3. The number of aromatic amines is 1. The molecule has 0 aliphatic rings. The van der Waals surface area contributed by atoms with Gasteiger partial charge in [0.2, 0.25) is 5.91 Å². The van der Waals surface area contributed by atoms with Crippen LogP contribution in [0.2, 0.25) is 10.0 Å². The Morgan fingerprint density at radius 3 is 2.61 bits per heavy atom. The zero-order valence-corrected chi connectivity index (χ0v) is 13.8. The second-order valence-corrected chi connectivity index (χ2v) is 5.98. The van der Waals surface area contributed by atoms with Crippen molar-refractivity contribution in [3.8, 4) is 5.75 Å². The number of hydrogen-bond acceptors (Lipinski definition) is 2. The average Bonchev–Trinajstić information content (AvgIpc) is 2.88. The number of H-pyrrole nitrogens is 1. The SMILES string of the molecule is COc1ccc2[nH]cc(CC(=O)Nc3cc(Cl)cc(Cl)c3)c2c1. The molecule has 23 heavy (non-hydrogen) atoms. The Morgan fingerprint density at radius 2 is 1.91 bits per heavy atom. The molecule has 1 aromatic heterocycles. The lowest BCUT2D eigenvalue weighted by Gasteiger charge is -2.06. The first-order valence-corrected chi connectivity index (χ1v) is 7.70. The lowest BCUT2D eigenvalue weighted by molar-refractivity contribution is -0.115. The highest BCUT2D eigenvalue weighted by molar-refractivity contribution is 6.35. The van der Waals surface area contributed by atoms with Crippen LogP contribution in [0.25, 0.3) is 10.9 Å². The Bertz CT molecular complexity index is 854. The number of fused-ring (bicyclic) bond motifs is 1. The van der Waals surface area contributed by atoms with E-state index in [2.05, 4.69) is 10.3 Å². The van der Waals surface area contributed by atoms with E-state index in [1.807, 2.05) is 24.4 Å². The van der Waals surface area contributed by atoms with Crippen LogP contribution < -0.4 is 10.1 Å². The van der Waals surface area contributed by atoms with Gasteiger partial charge in [-0.3, -0.25) is 4.79 Å². The van der Waals surface area contributed by atoms with Gasteiger partial charge in [0.25, 0.3) is 0 Å². The molecule has 0 spiro atoms. The highest BCUT2D eigenvalue weighted by Crippen LogP contribution is 2.25. The minimum atomic E-state index is -0.146. The van der Waals surface area contributed by atoms with Crippen LogP contribution in [0.1, 0.15) is 5.56 Å².